The first kappa shape index (κ1) is 12.2. The molecule has 0 rings (SSSR count). The van der Waals surface area contributed by atoms with Crippen molar-refractivity contribution >= 4 is 22.7 Å². The quantitative estimate of drug-likeness (QED) is 0.434. The number of nitrogens with one attached hydrogen (secondary N) is 1. The van der Waals surface area contributed by atoms with Crippen LogP contribution in [0.4, 0.5) is 0 Å². The zero-order valence-electron chi connectivity index (χ0n) is 8.11. The summed E-state index contributed by atoms with van der Waals surface area (Å²) >= 11 is 5.47. The summed E-state index contributed by atoms with van der Waals surface area (Å²) in [4.78, 5) is 11.3. The zero-order valence-corrected chi connectivity index (χ0v) is 8.86. The molecule has 0 spiro atoms. The Balaban J connectivity index is 4.82. The zero-order chi connectivity index (χ0) is 10.4. The highest BCUT2D eigenvalue weighted by molar-refractivity contribution is 6.71. The lowest BCUT2D eigenvalue weighted by atomic mass is 10.1. The van der Waals surface area contributed by atoms with E-state index in [0.29, 0.717) is 13.0 Å². The third kappa shape index (κ3) is 3.59. The van der Waals surface area contributed by atoms with Crippen molar-refractivity contribution in [3.63, 3.8) is 0 Å². The lowest BCUT2D eigenvalue weighted by molar-refractivity contribution is -0.137. The number of esters is 1. The molecule has 13 heavy (non-hydrogen) atoms. The van der Waals surface area contributed by atoms with Crippen LogP contribution in [-0.4, -0.2) is 17.7 Å². The molecule has 0 aromatic heterocycles. The number of hydrogen-bond donors (Lipinski definition) is 1. The first-order valence-electron chi connectivity index (χ1n) is 4.15. The molecule has 0 aliphatic heterocycles. The Kier molecular flexibility index (Phi) is 5.39. The first-order valence-corrected chi connectivity index (χ1v) is 4.53. The van der Waals surface area contributed by atoms with Crippen LogP contribution in [0, 0.1) is 5.41 Å². The van der Waals surface area contributed by atoms with E-state index in [2.05, 4.69) is 0 Å². The Bertz CT molecular complexity index is 246. The van der Waals surface area contributed by atoms with Gasteiger partial charge in [0, 0.05) is 0 Å². The van der Waals surface area contributed by atoms with Gasteiger partial charge in [0.15, 0.2) is 0 Å². The number of halogens is 1. The van der Waals surface area contributed by atoms with Crippen LogP contribution in [-0.2, 0) is 9.53 Å². The van der Waals surface area contributed by atoms with Gasteiger partial charge in [-0.2, -0.15) is 0 Å². The second-order valence-electron chi connectivity index (χ2n) is 2.54. The van der Waals surface area contributed by atoms with E-state index < -0.39 is 5.97 Å². The summed E-state index contributed by atoms with van der Waals surface area (Å²) in [6.45, 7) is 5.68. The van der Waals surface area contributed by atoms with E-state index in [-0.39, 0.29) is 10.7 Å². The standard InChI is InChI=1S/C9H14ClNO2/c1-4-6(3)7(8(10)11)9(12)13-5-2/h11H,4-5H2,1-3H3/b7-6-,11-8?. The third-order valence-corrected chi connectivity index (χ3v) is 1.85. The van der Waals surface area contributed by atoms with Crippen molar-refractivity contribution in [2.24, 2.45) is 0 Å². The van der Waals surface area contributed by atoms with Crippen LogP contribution in [0.2, 0.25) is 0 Å². The Hall–Kier alpha value is -0.830. The van der Waals surface area contributed by atoms with E-state index >= 15 is 0 Å². The van der Waals surface area contributed by atoms with E-state index in [1.807, 2.05) is 6.92 Å². The first-order chi connectivity index (χ1) is 6.04. The second-order valence-corrected chi connectivity index (χ2v) is 2.92. The van der Waals surface area contributed by atoms with Gasteiger partial charge < -0.3 is 4.74 Å². The number of rotatable bonds is 4. The van der Waals surface area contributed by atoms with Gasteiger partial charge >= 0.3 is 5.97 Å². The third-order valence-electron chi connectivity index (χ3n) is 1.66. The summed E-state index contributed by atoms with van der Waals surface area (Å²) in [6.07, 6.45) is 0.684. The van der Waals surface area contributed by atoms with Gasteiger partial charge in [-0.25, -0.2) is 4.79 Å². The SMILES string of the molecule is CCOC(=O)/C(C(=N)Cl)=C(/C)CC. The lowest BCUT2D eigenvalue weighted by Gasteiger charge is -2.07. The molecule has 0 aromatic carbocycles. The van der Waals surface area contributed by atoms with Gasteiger partial charge in [-0.15, -0.1) is 0 Å². The molecule has 0 saturated heterocycles. The van der Waals surface area contributed by atoms with Crippen molar-refractivity contribution in [2.45, 2.75) is 27.2 Å². The van der Waals surface area contributed by atoms with Gasteiger partial charge in [0.05, 0.1) is 12.2 Å². The van der Waals surface area contributed by atoms with Gasteiger partial charge in [0.1, 0.15) is 5.17 Å². The van der Waals surface area contributed by atoms with Crippen molar-refractivity contribution in [3.05, 3.63) is 11.1 Å². The molecule has 4 heteroatoms. The minimum absolute atomic E-state index is 0.186. The van der Waals surface area contributed by atoms with Crippen LogP contribution in [0.25, 0.3) is 0 Å². The van der Waals surface area contributed by atoms with Gasteiger partial charge in [0.25, 0.3) is 0 Å². The molecule has 0 amide bonds. The van der Waals surface area contributed by atoms with E-state index in [4.69, 9.17) is 21.7 Å². The normalized spacial score (nSPS) is 12.0. The van der Waals surface area contributed by atoms with Crippen LogP contribution < -0.4 is 0 Å². The molecule has 74 valence electrons. The number of carbonyl (C=O) groups is 1. The van der Waals surface area contributed by atoms with Crippen LogP contribution in [0.3, 0.4) is 0 Å². The molecule has 0 atom stereocenters. The van der Waals surface area contributed by atoms with Gasteiger partial charge in [-0.1, -0.05) is 24.1 Å². The van der Waals surface area contributed by atoms with Crippen molar-refractivity contribution in [1.82, 2.24) is 0 Å². The van der Waals surface area contributed by atoms with Crippen molar-refractivity contribution in [1.29, 1.82) is 5.41 Å². The minimum atomic E-state index is -0.512. The van der Waals surface area contributed by atoms with Crippen molar-refractivity contribution in [2.75, 3.05) is 6.61 Å². The summed E-state index contributed by atoms with van der Waals surface area (Å²) in [5.74, 6) is -0.512. The Morgan fingerprint density at radius 1 is 1.46 bits per heavy atom. The average molecular weight is 204 g/mol. The maximum absolute atomic E-state index is 11.3. The van der Waals surface area contributed by atoms with Gasteiger partial charge in [-0.3, -0.25) is 5.41 Å². The number of carbonyl (C=O) groups excluding carboxylic acids is 1. The maximum atomic E-state index is 11.3. The fraction of sp³-hybridized carbons (Fsp3) is 0.556. The summed E-state index contributed by atoms with van der Waals surface area (Å²) < 4.78 is 4.77. The second kappa shape index (κ2) is 5.75. The van der Waals surface area contributed by atoms with Crippen molar-refractivity contribution < 1.29 is 9.53 Å². The molecule has 0 unspecified atom stereocenters. The highest BCUT2D eigenvalue weighted by Gasteiger charge is 2.16. The fourth-order valence-corrected chi connectivity index (χ4v) is 1.07. The summed E-state index contributed by atoms with van der Waals surface area (Å²) in [6, 6.07) is 0. The summed E-state index contributed by atoms with van der Waals surface area (Å²) in [5.41, 5.74) is 0.962. The monoisotopic (exact) mass is 203 g/mol. The van der Waals surface area contributed by atoms with E-state index in [0.717, 1.165) is 5.57 Å². The van der Waals surface area contributed by atoms with Crippen LogP contribution >= 0.6 is 11.6 Å². The molecule has 0 saturated carbocycles. The smallest absolute Gasteiger partial charge is 0.341 e. The summed E-state index contributed by atoms with van der Waals surface area (Å²) in [5, 5.41) is 6.95. The van der Waals surface area contributed by atoms with E-state index in [9.17, 15) is 4.79 Å². The van der Waals surface area contributed by atoms with E-state index in [1.165, 1.54) is 0 Å². The molecule has 3 nitrogen and oxygen atoms in total. The molecule has 0 aromatic rings. The summed E-state index contributed by atoms with van der Waals surface area (Å²) in [7, 11) is 0. The Labute approximate surface area is 83.2 Å². The number of ether oxygens (including phenoxy) is 1. The highest BCUT2D eigenvalue weighted by Crippen LogP contribution is 2.13. The van der Waals surface area contributed by atoms with Crippen LogP contribution in [0.15, 0.2) is 11.1 Å². The number of allylic oxidation sites excluding steroid dienone is 1. The highest BCUT2D eigenvalue weighted by atomic mass is 35.5. The molecule has 1 N–H and O–H groups in total. The lowest BCUT2D eigenvalue weighted by Crippen LogP contribution is -2.13. The minimum Gasteiger partial charge on any atom is -0.462 e. The van der Waals surface area contributed by atoms with Gasteiger partial charge in [-0.05, 0) is 20.3 Å². The van der Waals surface area contributed by atoms with Gasteiger partial charge in [0.2, 0.25) is 0 Å². The average Bonchev–Trinajstić information content (AvgIpc) is 2.04. The molecule has 0 aliphatic rings. The predicted molar refractivity (Wildman–Crippen MR) is 53.2 cm³/mol. The fourth-order valence-electron chi connectivity index (χ4n) is 0.831. The number of hydrogen-bond acceptors (Lipinski definition) is 3. The molecule has 0 aliphatic carbocycles. The molecule has 0 heterocycles. The van der Waals surface area contributed by atoms with Crippen molar-refractivity contribution in [3.8, 4) is 0 Å². The predicted octanol–water partition coefficient (Wildman–Crippen LogP) is 2.49. The molecular weight excluding hydrogens is 190 g/mol. The van der Waals surface area contributed by atoms with E-state index in [1.54, 1.807) is 13.8 Å². The molecule has 0 fully saturated rings. The van der Waals surface area contributed by atoms with Crippen LogP contribution in [0.1, 0.15) is 27.2 Å². The molecular formula is C9H14ClNO2. The molecule has 0 radical (unpaired) electrons. The topological polar surface area (TPSA) is 50.2 Å². The Morgan fingerprint density at radius 2 is 2.00 bits per heavy atom. The maximum Gasteiger partial charge on any atom is 0.341 e. The molecule has 0 bridgehead atoms. The Morgan fingerprint density at radius 3 is 2.31 bits per heavy atom. The largest absolute Gasteiger partial charge is 0.462 e. The van der Waals surface area contributed by atoms with Crippen LogP contribution in [0.5, 0.6) is 0 Å².